The minimum Gasteiger partial charge on any atom is -0.394 e. The molecule has 2 heterocycles. The third-order valence-electron chi connectivity index (χ3n) is 6.24. The topological polar surface area (TPSA) is 179 Å². The van der Waals surface area contributed by atoms with Gasteiger partial charge in [0.25, 0.3) is 0 Å². The molecule has 0 bridgehead atoms. The van der Waals surface area contributed by atoms with Crippen LogP contribution >= 0.6 is 0 Å². The Morgan fingerprint density at radius 1 is 0.606 bits per heavy atom. The lowest BCUT2D eigenvalue weighted by Gasteiger charge is -2.45. The molecule has 11 heteroatoms. The molecular weight excluding hydrogens is 440 g/mol. The SMILES string of the molecule is CCCCCCCCCCO[C@H]1O[C@H](CO)[C@@H](O[C@@H]2O[C@H](CO)[C@H](O)[C@H](O)[C@H]2O)[C@H](O)[C@H]1O. The van der Waals surface area contributed by atoms with Crippen LogP contribution in [0.15, 0.2) is 0 Å². The Morgan fingerprint density at radius 2 is 1.15 bits per heavy atom. The van der Waals surface area contributed by atoms with E-state index in [2.05, 4.69) is 6.92 Å². The van der Waals surface area contributed by atoms with Gasteiger partial charge < -0.3 is 54.7 Å². The molecule has 0 aromatic carbocycles. The summed E-state index contributed by atoms with van der Waals surface area (Å²) >= 11 is 0. The van der Waals surface area contributed by atoms with E-state index in [0.717, 1.165) is 19.3 Å². The Labute approximate surface area is 194 Å². The number of aliphatic hydroxyl groups excluding tert-OH is 7. The first-order valence-corrected chi connectivity index (χ1v) is 12.1. The van der Waals surface area contributed by atoms with E-state index in [1.807, 2.05) is 0 Å². The molecular formula is C22H42O11. The van der Waals surface area contributed by atoms with Gasteiger partial charge in [0.2, 0.25) is 0 Å². The molecule has 33 heavy (non-hydrogen) atoms. The van der Waals surface area contributed by atoms with Crippen LogP contribution in [-0.4, -0.2) is 117 Å². The summed E-state index contributed by atoms with van der Waals surface area (Å²) in [5, 5.41) is 69.9. The number of hydrogen-bond acceptors (Lipinski definition) is 11. The lowest BCUT2D eigenvalue weighted by atomic mass is 9.97. The number of rotatable bonds is 14. The smallest absolute Gasteiger partial charge is 0.187 e. The van der Waals surface area contributed by atoms with Gasteiger partial charge in [0, 0.05) is 6.61 Å². The fourth-order valence-electron chi connectivity index (χ4n) is 4.13. The van der Waals surface area contributed by atoms with Gasteiger partial charge in [-0.05, 0) is 6.42 Å². The Hall–Kier alpha value is -0.440. The summed E-state index contributed by atoms with van der Waals surface area (Å²) in [6.07, 6.45) is -5.35. The van der Waals surface area contributed by atoms with Gasteiger partial charge in [0.15, 0.2) is 12.6 Å². The zero-order valence-corrected chi connectivity index (χ0v) is 19.3. The van der Waals surface area contributed by atoms with E-state index >= 15 is 0 Å². The monoisotopic (exact) mass is 482 g/mol. The zero-order chi connectivity index (χ0) is 24.4. The Kier molecular flexibility index (Phi) is 13.0. The van der Waals surface area contributed by atoms with Crippen LogP contribution in [0.5, 0.6) is 0 Å². The Bertz CT molecular complexity index is 521. The van der Waals surface area contributed by atoms with Gasteiger partial charge >= 0.3 is 0 Å². The molecule has 0 unspecified atom stereocenters. The van der Waals surface area contributed by atoms with Crippen molar-refractivity contribution in [1.82, 2.24) is 0 Å². The molecule has 0 aromatic heterocycles. The van der Waals surface area contributed by atoms with E-state index in [1.165, 1.54) is 32.1 Å². The average molecular weight is 483 g/mol. The van der Waals surface area contributed by atoms with Crippen LogP contribution in [-0.2, 0) is 18.9 Å². The van der Waals surface area contributed by atoms with Gasteiger partial charge in [-0.15, -0.1) is 0 Å². The molecule has 2 aliphatic heterocycles. The highest BCUT2D eigenvalue weighted by Gasteiger charge is 2.50. The van der Waals surface area contributed by atoms with Crippen molar-refractivity contribution < 1.29 is 54.7 Å². The van der Waals surface area contributed by atoms with E-state index in [-0.39, 0.29) is 0 Å². The molecule has 196 valence electrons. The predicted octanol–water partition coefficient (Wildman–Crippen LogP) is -1.23. The van der Waals surface area contributed by atoms with E-state index in [4.69, 9.17) is 18.9 Å². The molecule has 7 N–H and O–H groups in total. The fraction of sp³-hybridized carbons (Fsp3) is 1.00. The average Bonchev–Trinajstić information content (AvgIpc) is 2.82. The fourth-order valence-corrected chi connectivity index (χ4v) is 4.13. The van der Waals surface area contributed by atoms with Crippen molar-refractivity contribution in [2.75, 3.05) is 19.8 Å². The quantitative estimate of drug-likeness (QED) is 0.147. The molecule has 2 saturated heterocycles. The maximum Gasteiger partial charge on any atom is 0.187 e. The van der Waals surface area contributed by atoms with Crippen LogP contribution in [0.2, 0.25) is 0 Å². The van der Waals surface area contributed by atoms with E-state index in [9.17, 15) is 35.7 Å². The zero-order valence-electron chi connectivity index (χ0n) is 19.3. The first-order valence-electron chi connectivity index (χ1n) is 12.1. The largest absolute Gasteiger partial charge is 0.394 e. The minimum atomic E-state index is -1.69. The molecule has 10 atom stereocenters. The Morgan fingerprint density at radius 3 is 1.76 bits per heavy atom. The number of aliphatic hydroxyl groups is 7. The van der Waals surface area contributed by atoms with Crippen LogP contribution in [0.3, 0.4) is 0 Å². The molecule has 2 rings (SSSR count). The summed E-state index contributed by atoms with van der Waals surface area (Å²) in [5.74, 6) is 0. The summed E-state index contributed by atoms with van der Waals surface area (Å²) in [7, 11) is 0. The minimum absolute atomic E-state index is 0.319. The van der Waals surface area contributed by atoms with E-state index < -0.39 is 74.6 Å². The van der Waals surface area contributed by atoms with Crippen molar-refractivity contribution in [3.63, 3.8) is 0 Å². The summed E-state index contributed by atoms with van der Waals surface area (Å²) in [6, 6.07) is 0. The van der Waals surface area contributed by atoms with Crippen LogP contribution in [0.25, 0.3) is 0 Å². The lowest BCUT2D eigenvalue weighted by Crippen LogP contribution is -2.64. The van der Waals surface area contributed by atoms with Gasteiger partial charge in [-0.3, -0.25) is 0 Å². The Balaban J connectivity index is 1.82. The van der Waals surface area contributed by atoms with Crippen molar-refractivity contribution in [3.05, 3.63) is 0 Å². The standard InChI is InChI=1S/C22H42O11/c1-2-3-4-5-6-7-8-9-10-30-21-19(29)17(27)20(14(12-24)32-21)33-22-18(28)16(26)15(25)13(11-23)31-22/h13-29H,2-12H2,1H3/t13-,14-,15+,16+,17-,18-,19-,20-,21+,22+/m1/s1. The molecule has 0 radical (unpaired) electrons. The van der Waals surface area contributed by atoms with Crippen molar-refractivity contribution >= 4 is 0 Å². The van der Waals surface area contributed by atoms with Gasteiger partial charge in [0.1, 0.15) is 48.8 Å². The van der Waals surface area contributed by atoms with E-state index in [0.29, 0.717) is 6.61 Å². The van der Waals surface area contributed by atoms with Crippen LogP contribution in [0.1, 0.15) is 58.3 Å². The normalized spacial score (nSPS) is 39.6. The summed E-state index contributed by atoms with van der Waals surface area (Å²) in [4.78, 5) is 0. The molecule has 0 spiro atoms. The molecule has 0 saturated carbocycles. The number of unbranched alkanes of at least 4 members (excludes halogenated alkanes) is 7. The van der Waals surface area contributed by atoms with Gasteiger partial charge in [-0.2, -0.15) is 0 Å². The molecule has 0 aromatic rings. The van der Waals surface area contributed by atoms with Crippen molar-refractivity contribution in [3.8, 4) is 0 Å². The van der Waals surface area contributed by atoms with Crippen molar-refractivity contribution in [2.45, 2.75) is 120 Å². The predicted molar refractivity (Wildman–Crippen MR) is 115 cm³/mol. The van der Waals surface area contributed by atoms with Crippen molar-refractivity contribution in [2.24, 2.45) is 0 Å². The summed E-state index contributed by atoms with van der Waals surface area (Å²) in [6.45, 7) is 1.28. The second-order valence-electron chi connectivity index (χ2n) is 8.85. The maximum absolute atomic E-state index is 10.6. The molecule has 2 fully saturated rings. The molecule has 0 amide bonds. The van der Waals surface area contributed by atoms with Crippen molar-refractivity contribution in [1.29, 1.82) is 0 Å². The highest BCUT2D eigenvalue weighted by molar-refractivity contribution is 4.94. The second kappa shape index (κ2) is 14.8. The van der Waals surface area contributed by atoms with Gasteiger partial charge in [-0.1, -0.05) is 51.9 Å². The first kappa shape index (κ1) is 28.8. The third-order valence-corrected chi connectivity index (χ3v) is 6.24. The molecule has 11 nitrogen and oxygen atoms in total. The highest BCUT2D eigenvalue weighted by Crippen LogP contribution is 2.29. The highest BCUT2D eigenvalue weighted by atomic mass is 16.7. The first-order chi connectivity index (χ1) is 15.8. The summed E-state index contributed by atoms with van der Waals surface area (Å²) < 4.78 is 22.0. The van der Waals surface area contributed by atoms with Crippen LogP contribution < -0.4 is 0 Å². The molecule has 2 aliphatic rings. The lowest BCUT2D eigenvalue weighted by molar-refractivity contribution is -0.359. The van der Waals surface area contributed by atoms with Gasteiger partial charge in [0.05, 0.1) is 13.2 Å². The second-order valence-corrected chi connectivity index (χ2v) is 8.85. The van der Waals surface area contributed by atoms with E-state index in [1.54, 1.807) is 0 Å². The molecule has 0 aliphatic carbocycles. The van der Waals surface area contributed by atoms with Gasteiger partial charge in [-0.25, -0.2) is 0 Å². The summed E-state index contributed by atoms with van der Waals surface area (Å²) in [5.41, 5.74) is 0. The van der Waals surface area contributed by atoms with Crippen LogP contribution in [0.4, 0.5) is 0 Å². The number of hydrogen-bond donors (Lipinski definition) is 7. The van der Waals surface area contributed by atoms with Crippen LogP contribution in [0, 0.1) is 0 Å². The number of ether oxygens (including phenoxy) is 4. The maximum atomic E-state index is 10.6. The third kappa shape index (κ3) is 8.04.